The lowest BCUT2D eigenvalue weighted by Gasteiger charge is -2.05. The molecule has 1 radical (unpaired) electrons. The largest absolute Gasteiger partial charge is 0.497 e. The van der Waals surface area contributed by atoms with Crippen LogP contribution in [-0.4, -0.2) is 13.2 Å². The Bertz CT molecular complexity index is 547. The van der Waals surface area contributed by atoms with E-state index in [4.69, 9.17) is 15.2 Å². The van der Waals surface area contributed by atoms with Crippen molar-refractivity contribution >= 4 is 6.09 Å². The monoisotopic (exact) mass is 256 g/mol. The molecule has 19 heavy (non-hydrogen) atoms. The number of ether oxygens (including phenoxy) is 2. The SMILES string of the molecule is COc1ccc([CH]c2ccc(OC(N)=O)cc2)cc1. The third-order valence-corrected chi connectivity index (χ3v) is 2.55. The number of hydrogen-bond acceptors (Lipinski definition) is 3. The van der Waals surface area contributed by atoms with Gasteiger partial charge in [-0.1, -0.05) is 24.3 Å². The van der Waals surface area contributed by atoms with Crippen molar-refractivity contribution in [3.63, 3.8) is 0 Å². The smallest absolute Gasteiger partial charge is 0.409 e. The lowest BCUT2D eigenvalue weighted by atomic mass is 10.0. The molecule has 4 heteroatoms. The maximum Gasteiger partial charge on any atom is 0.409 e. The first-order valence-corrected chi connectivity index (χ1v) is 5.73. The van der Waals surface area contributed by atoms with Crippen molar-refractivity contribution in [2.75, 3.05) is 7.11 Å². The number of primary amides is 1. The van der Waals surface area contributed by atoms with Gasteiger partial charge in [0.25, 0.3) is 0 Å². The molecule has 0 atom stereocenters. The zero-order valence-corrected chi connectivity index (χ0v) is 10.5. The number of carbonyl (C=O) groups is 1. The Hall–Kier alpha value is -2.49. The molecule has 4 nitrogen and oxygen atoms in total. The van der Waals surface area contributed by atoms with E-state index in [0.717, 1.165) is 16.9 Å². The Balaban J connectivity index is 2.04. The molecular weight excluding hydrogens is 242 g/mol. The molecule has 97 valence electrons. The lowest BCUT2D eigenvalue weighted by Crippen LogP contribution is -2.16. The summed E-state index contributed by atoms with van der Waals surface area (Å²) in [6, 6.07) is 14.8. The summed E-state index contributed by atoms with van der Waals surface area (Å²) in [7, 11) is 1.64. The van der Waals surface area contributed by atoms with E-state index in [1.165, 1.54) is 0 Å². The first kappa shape index (κ1) is 13.0. The van der Waals surface area contributed by atoms with Crippen molar-refractivity contribution in [3.8, 4) is 11.5 Å². The molecule has 0 fully saturated rings. The summed E-state index contributed by atoms with van der Waals surface area (Å²) >= 11 is 0. The van der Waals surface area contributed by atoms with Crippen molar-refractivity contribution in [1.82, 2.24) is 0 Å². The van der Waals surface area contributed by atoms with Crippen LogP contribution < -0.4 is 15.2 Å². The van der Waals surface area contributed by atoms with E-state index in [1.54, 1.807) is 19.2 Å². The molecule has 0 aliphatic carbocycles. The van der Waals surface area contributed by atoms with Crippen LogP contribution in [0.25, 0.3) is 0 Å². The topological polar surface area (TPSA) is 61.6 Å². The second-order valence-corrected chi connectivity index (χ2v) is 3.91. The van der Waals surface area contributed by atoms with E-state index in [0.29, 0.717) is 5.75 Å². The number of nitrogens with two attached hydrogens (primary N) is 1. The molecule has 0 bridgehead atoms. The van der Waals surface area contributed by atoms with Crippen molar-refractivity contribution in [2.45, 2.75) is 0 Å². The first-order valence-electron chi connectivity index (χ1n) is 5.73. The van der Waals surface area contributed by atoms with Gasteiger partial charge in [0.2, 0.25) is 0 Å². The highest BCUT2D eigenvalue weighted by molar-refractivity contribution is 5.68. The molecule has 0 aliphatic heterocycles. The number of benzene rings is 2. The normalized spacial score (nSPS) is 9.95. The Labute approximate surface area is 111 Å². The van der Waals surface area contributed by atoms with E-state index in [1.807, 2.05) is 42.8 Å². The van der Waals surface area contributed by atoms with Gasteiger partial charge in [0.05, 0.1) is 7.11 Å². The molecule has 1 amide bonds. The van der Waals surface area contributed by atoms with Crippen LogP contribution in [-0.2, 0) is 0 Å². The van der Waals surface area contributed by atoms with Crippen LogP contribution in [0.15, 0.2) is 48.5 Å². The minimum absolute atomic E-state index is 0.430. The second-order valence-electron chi connectivity index (χ2n) is 3.91. The van der Waals surface area contributed by atoms with E-state index in [9.17, 15) is 4.79 Å². The van der Waals surface area contributed by atoms with Crippen molar-refractivity contribution in [3.05, 3.63) is 66.1 Å². The van der Waals surface area contributed by atoms with Gasteiger partial charge >= 0.3 is 6.09 Å². The molecule has 0 aliphatic rings. The third-order valence-electron chi connectivity index (χ3n) is 2.55. The van der Waals surface area contributed by atoms with Gasteiger partial charge in [0.15, 0.2) is 0 Å². The highest BCUT2D eigenvalue weighted by atomic mass is 16.5. The Morgan fingerprint density at radius 1 is 0.947 bits per heavy atom. The van der Waals surface area contributed by atoms with E-state index in [2.05, 4.69) is 0 Å². The summed E-state index contributed by atoms with van der Waals surface area (Å²) in [6.07, 6.45) is 1.19. The van der Waals surface area contributed by atoms with Gasteiger partial charge in [-0.15, -0.1) is 0 Å². The fraction of sp³-hybridized carbons (Fsp3) is 0.0667. The van der Waals surface area contributed by atoms with Crippen LogP contribution in [0, 0.1) is 6.42 Å². The van der Waals surface area contributed by atoms with Crippen LogP contribution >= 0.6 is 0 Å². The fourth-order valence-corrected chi connectivity index (χ4v) is 1.64. The summed E-state index contributed by atoms with van der Waals surface area (Å²) in [5.74, 6) is 1.25. The highest BCUT2D eigenvalue weighted by Crippen LogP contribution is 2.18. The summed E-state index contributed by atoms with van der Waals surface area (Å²) in [5.41, 5.74) is 6.99. The molecular formula is C15H14NO3. The third kappa shape index (κ3) is 3.74. The van der Waals surface area contributed by atoms with Gasteiger partial charge in [0, 0.05) is 6.42 Å². The summed E-state index contributed by atoms with van der Waals surface area (Å²) in [5, 5.41) is 0. The molecule has 0 saturated heterocycles. The minimum Gasteiger partial charge on any atom is -0.497 e. The Morgan fingerprint density at radius 2 is 1.42 bits per heavy atom. The average molecular weight is 256 g/mol. The second kappa shape index (κ2) is 5.91. The molecule has 2 N–H and O–H groups in total. The van der Waals surface area contributed by atoms with E-state index >= 15 is 0 Å². The number of methoxy groups -OCH3 is 1. The lowest BCUT2D eigenvalue weighted by molar-refractivity contribution is 0.211. The Morgan fingerprint density at radius 3 is 1.84 bits per heavy atom. The Kier molecular flexibility index (Phi) is 4.03. The number of rotatable bonds is 4. The molecule has 2 rings (SSSR count). The molecule has 0 aromatic heterocycles. The summed E-state index contributed by atoms with van der Waals surface area (Å²) in [4.78, 5) is 10.6. The predicted molar refractivity (Wildman–Crippen MR) is 72.2 cm³/mol. The first-order chi connectivity index (χ1) is 9.17. The average Bonchev–Trinajstić information content (AvgIpc) is 2.41. The van der Waals surface area contributed by atoms with Gasteiger partial charge in [-0.2, -0.15) is 0 Å². The maximum absolute atomic E-state index is 10.6. The van der Waals surface area contributed by atoms with Gasteiger partial charge in [0.1, 0.15) is 11.5 Å². The molecule has 0 saturated carbocycles. The molecule has 0 heterocycles. The van der Waals surface area contributed by atoms with Crippen LogP contribution in [0.1, 0.15) is 11.1 Å². The zero-order chi connectivity index (χ0) is 13.7. The maximum atomic E-state index is 10.6. The predicted octanol–water partition coefficient (Wildman–Crippen LogP) is 2.75. The number of amides is 1. The standard InChI is InChI=1S/C15H14NO3/c1-18-13-6-2-11(3-7-13)10-12-4-8-14(9-5-12)19-15(16)17/h2-10H,1H3,(H2,16,17). The molecule has 0 spiro atoms. The van der Waals surface area contributed by atoms with Crippen LogP contribution in [0.5, 0.6) is 11.5 Å². The molecule has 0 unspecified atom stereocenters. The zero-order valence-electron chi connectivity index (χ0n) is 10.5. The van der Waals surface area contributed by atoms with Gasteiger partial charge in [-0.05, 0) is 35.4 Å². The number of hydrogen-bond donors (Lipinski definition) is 1. The van der Waals surface area contributed by atoms with Crippen molar-refractivity contribution < 1.29 is 14.3 Å². The van der Waals surface area contributed by atoms with Gasteiger partial charge in [-0.25, -0.2) is 4.79 Å². The van der Waals surface area contributed by atoms with E-state index < -0.39 is 6.09 Å². The molecule has 2 aromatic carbocycles. The van der Waals surface area contributed by atoms with E-state index in [-0.39, 0.29) is 0 Å². The van der Waals surface area contributed by atoms with Gasteiger partial charge in [-0.3, -0.25) is 0 Å². The fourth-order valence-electron chi connectivity index (χ4n) is 1.64. The van der Waals surface area contributed by atoms with Crippen molar-refractivity contribution in [2.24, 2.45) is 5.73 Å². The van der Waals surface area contributed by atoms with Crippen LogP contribution in [0.2, 0.25) is 0 Å². The highest BCUT2D eigenvalue weighted by Gasteiger charge is 2.01. The quantitative estimate of drug-likeness (QED) is 0.914. The van der Waals surface area contributed by atoms with Crippen molar-refractivity contribution in [1.29, 1.82) is 0 Å². The molecule has 2 aromatic rings. The summed E-state index contributed by atoms with van der Waals surface area (Å²) in [6.45, 7) is 0. The minimum atomic E-state index is -0.813. The number of carbonyl (C=O) groups excluding carboxylic acids is 1. The van der Waals surface area contributed by atoms with Crippen LogP contribution in [0.3, 0.4) is 0 Å². The van der Waals surface area contributed by atoms with Crippen LogP contribution in [0.4, 0.5) is 4.79 Å². The summed E-state index contributed by atoms with van der Waals surface area (Å²) < 4.78 is 9.86. The van der Waals surface area contributed by atoms with Gasteiger partial charge < -0.3 is 15.2 Å².